The first-order valence-electron chi connectivity index (χ1n) is 8.54. The summed E-state index contributed by atoms with van der Waals surface area (Å²) in [6.07, 6.45) is 1.62. The summed E-state index contributed by atoms with van der Waals surface area (Å²) in [7, 11) is 0. The zero-order valence-corrected chi connectivity index (χ0v) is 16.0. The van der Waals surface area contributed by atoms with Crippen molar-refractivity contribution in [3.63, 3.8) is 0 Å². The number of hydrogen-bond donors (Lipinski definition) is 2. The Bertz CT molecular complexity index is 930. The van der Waals surface area contributed by atoms with Crippen LogP contribution in [0.25, 0.3) is 6.08 Å². The van der Waals surface area contributed by atoms with Crippen molar-refractivity contribution in [1.82, 2.24) is 0 Å². The first-order chi connectivity index (χ1) is 13.0. The molecule has 0 aliphatic heterocycles. The third-order valence-corrected chi connectivity index (χ3v) is 4.92. The van der Waals surface area contributed by atoms with Gasteiger partial charge >= 0.3 is 0 Å². The highest BCUT2D eigenvalue weighted by Gasteiger charge is 2.20. The van der Waals surface area contributed by atoms with E-state index >= 15 is 0 Å². The predicted octanol–water partition coefficient (Wildman–Crippen LogP) is 5.03. The van der Waals surface area contributed by atoms with Crippen molar-refractivity contribution in [1.29, 1.82) is 0 Å². The lowest BCUT2D eigenvalue weighted by Gasteiger charge is -2.12. The molecule has 0 aliphatic rings. The van der Waals surface area contributed by atoms with Crippen molar-refractivity contribution in [3.05, 3.63) is 87.6 Å². The Labute approximate surface area is 162 Å². The lowest BCUT2D eigenvalue weighted by atomic mass is 10.1. The van der Waals surface area contributed by atoms with Gasteiger partial charge in [-0.25, -0.2) is 0 Å². The first-order valence-corrected chi connectivity index (χ1v) is 9.42. The van der Waals surface area contributed by atoms with Crippen LogP contribution in [0.5, 0.6) is 0 Å². The third kappa shape index (κ3) is 4.71. The largest absolute Gasteiger partial charge is 0.322 e. The van der Waals surface area contributed by atoms with E-state index in [1.54, 1.807) is 6.08 Å². The molecule has 0 unspecified atom stereocenters. The number of nitrogens with one attached hydrogen (secondary N) is 2. The van der Waals surface area contributed by atoms with Crippen molar-refractivity contribution in [2.45, 2.75) is 13.8 Å². The van der Waals surface area contributed by atoms with Gasteiger partial charge in [-0.05, 0) is 54.6 Å². The van der Waals surface area contributed by atoms with E-state index in [0.717, 1.165) is 16.0 Å². The number of carbonyl (C=O) groups is 2. The van der Waals surface area contributed by atoms with Crippen LogP contribution in [0.4, 0.5) is 11.4 Å². The number of para-hydroxylation sites is 2. The van der Waals surface area contributed by atoms with Crippen LogP contribution in [0.3, 0.4) is 0 Å². The molecule has 1 aromatic heterocycles. The van der Waals surface area contributed by atoms with Crippen LogP contribution in [0.1, 0.15) is 16.0 Å². The molecule has 0 saturated carbocycles. The zero-order valence-electron chi connectivity index (χ0n) is 15.2. The second-order valence-corrected chi connectivity index (χ2v) is 7.09. The average Bonchev–Trinajstić information content (AvgIpc) is 3.16. The summed E-state index contributed by atoms with van der Waals surface area (Å²) in [5.41, 5.74) is 3.29. The minimum Gasteiger partial charge on any atom is -0.322 e. The van der Waals surface area contributed by atoms with E-state index in [-0.39, 0.29) is 5.57 Å². The molecule has 3 aromatic rings. The standard InChI is InChI=1S/C22H20N2O2S/c1-15-8-3-5-11-19(15)23-21(25)18(14-17-10-7-13-27-17)22(26)24-20-12-6-4-9-16(20)2/h3-14H,1-2H3,(H,23,25)(H,24,26). The second-order valence-electron chi connectivity index (χ2n) is 6.11. The van der Waals surface area contributed by atoms with Gasteiger partial charge < -0.3 is 10.6 Å². The molecule has 27 heavy (non-hydrogen) atoms. The Hall–Kier alpha value is -3.18. The minimum atomic E-state index is -0.441. The monoisotopic (exact) mass is 376 g/mol. The molecule has 0 radical (unpaired) electrons. The lowest BCUT2D eigenvalue weighted by Crippen LogP contribution is -2.25. The Morgan fingerprint density at radius 3 is 1.74 bits per heavy atom. The predicted molar refractivity (Wildman–Crippen MR) is 112 cm³/mol. The highest BCUT2D eigenvalue weighted by atomic mass is 32.1. The quantitative estimate of drug-likeness (QED) is 0.373. The maximum Gasteiger partial charge on any atom is 0.261 e. The number of anilines is 2. The molecule has 1 heterocycles. The van der Waals surface area contributed by atoms with Gasteiger partial charge in [0, 0.05) is 16.3 Å². The number of thiophene rings is 1. The van der Waals surface area contributed by atoms with Crippen molar-refractivity contribution in [2.24, 2.45) is 0 Å². The Kier molecular flexibility index (Phi) is 5.84. The van der Waals surface area contributed by atoms with E-state index < -0.39 is 11.8 Å². The van der Waals surface area contributed by atoms with E-state index in [9.17, 15) is 9.59 Å². The topological polar surface area (TPSA) is 58.2 Å². The number of carbonyl (C=O) groups excluding carboxylic acids is 2. The first kappa shape index (κ1) is 18.6. The highest BCUT2D eigenvalue weighted by molar-refractivity contribution is 7.10. The minimum absolute atomic E-state index is 0.0592. The van der Waals surface area contributed by atoms with Gasteiger partial charge in [0.2, 0.25) is 0 Å². The zero-order chi connectivity index (χ0) is 19.2. The van der Waals surface area contributed by atoms with Crippen LogP contribution < -0.4 is 10.6 Å². The summed E-state index contributed by atoms with van der Waals surface area (Å²) in [6, 6.07) is 18.7. The summed E-state index contributed by atoms with van der Waals surface area (Å²) in [5.74, 6) is -0.882. The molecule has 0 atom stereocenters. The normalized spacial score (nSPS) is 10.1. The van der Waals surface area contributed by atoms with E-state index in [0.29, 0.717) is 11.4 Å². The average molecular weight is 376 g/mol. The number of amides is 2. The molecule has 2 N–H and O–H groups in total. The smallest absolute Gasteiger partial charge is 0.261 e. The molecule has 0 fully saturated rings. The number of benzene rings is 2. The SMILES string of the molecule is Cc1ccccc1NC(=O)C(=Cc1cccs1)C(=O)Nc1ccccc1C. The Morgan fingerprint density at radius 1 is 0.778 bits per heavy atom. The molecular formula is C22H20N2O2S. The number of aryl methyl sites for hydroxylation is 2. The fourth-order valence-corrected chi connectivity index (χ4v) is 3.21. The van der Waals surface area contributed by atoms with Gasteiger partial charge in [-0.1, -0.05) is 42.5 Å². The Balaban J connectivity index is 1.89. The van der Waals surface area contributed by atoms with Crippen molar-refractivity contribution < 1.29 is 9.59 Å². The number of hydrogen-bond acceptors (Lipinski definition) is 3. The van der Waals surface area contributed by atoms with Gasteiger partial charge in [0.25, 0.3) is 11.8 Å². The highest BCUT2D eigenvalue weighted by Crippen LogP contribution is 2.20. The molecule has 2 amide bonds. The molecule has 0 aliphatic carbocycles. The van der Waals surface area contributed by atoms with Crippen molar-refractivity contribution in [2.75, 3.05) is 10.6 Å². The van der Waals surface area contributed by atoms with Crippen LogP contribution >= 0.6 is 11.3 Å². The summed E-state index contributed by atoms with van der Waals surface area (Å²) in [6.45, 7) is 3.82. The van der Waals surface area contributed by atoms with E-state index in [1.807, 2.05) is 79.9 Å². The fraction of sp³-hybridized carbons (Fsp3) is 0.0909. The van der Waals surface area contributed by atoms with Crippen LogP contribution in [-0.4, -0.2) is 11.8 Å². The van der Waals surface area contributed by atoms with Crippen LogP contribution in [-0.2, 0) is 9.59 Å². The van der Waals surface area contributed by atoms with E-state index in [4.69, 9.17) is 0 Å². The summed E-state index contributed by atoms with van der Waals surface area (Å²) in [5, 5.41) is 7.59. The van der Waals surface area contributed by atoms with Crippen LogP contribution in [0, 0.1) is 13.8 Å². The van der Waals surface area contributed by atoms with Gasteiger partial charge in [-0.2, -0.15) is 0 Å². The van der Waals surface area contributed by atoms with Crippen molar-refractivity contribution >= 4 is 40.6 Å². The van der Waals surface area contributed by atoms with Gasteiger partial charge in [-0.3, -0.25) is 9.59 Å². The van der Waals surface area contributed by atoms with Gasteiger partial charge in [0.05, 0.1) is 0 Å². The third-order valence-electron chi connectivity index (χ3n) is 4.11. The maximum absolute atomic E-state index is 12.9. The van der Waals surface area contributed by atoms with Crippen LogP contribution in [0.15, 0.2) is 71.6 Å². The maximum atomic E-state index is 12.9. The molecule has 0 saturated heterocycles. The summed E-state index contributed by atoms with van der Waals surface area (Å²) in [4.78, 5) is 26.6. The molecular weight excluding hydrogens is 356 g/mol. The molecule has 0 bridgehead atoms. The fourth-order valence-electron chi connectivity index (χ4n) is 2.56. The Morgan fingerprint density at radius 2 is 1.30 bits per heavy atom. The van der Waals surface area contributed by atoms with E-state index in [2.05, 4.69) is 10.6 Å². The van der Waals surface area contributed by atoms with Crippen molar-refractivity contribution in [3.8, 4) is 0 Å². The number of rotatable bonds is 5. The lowest BCUT2D eigenvalue weighted by molar-refractivity contribution is -0.118. The summed E-state index contributed by atoms with van der Waals surface area (Å²) >= 11 is 1.47. The second kappa shape index (κ2) is 8.47. The summed E-state index contributed by atoms with van der Waals surface area (Å²) < 4.78 is 0. The van der Waals surface area contributed by atoms with Gasteiger partial charge in [-0.15, -0.1) is 11.3 Å². The van der Waals surface area contributed by atoms with Gasteiger partial charge in [0.1, 0.15) is 5.57 Å². The molecule has 5 heteroatoms. The molecule has 4 nitrogen and oxygen atoms in total. The van der Waals surface area contributed by atoms with E-state index in [1.165, 1.54) is 11.3 Å². The van der Waals surface area contributed by atoms with Crippen LogP contribution in [0.2, 0.25) is 0 Å². The molecule has 136 valence electrons. The molecule has 2 aromatic carbocycles. The molecule has 3 rings (SSSR count). The molecule has 0 spiro atoms. The van der Waals surface area contributed by atoms with Gasteiger partial charge in [0.15, 0.2) is 0 Å².